The molecule has 33 heavy (non-hydrogen) atoms. The maximum Gasteiger partial charge on any atom is 0.322 e. The third-order valence-electron chi connectivity index (χ3n) is 6.21. The standard InChI is InChI=1S/C25H35NO7/c1-14-6-9-18(28)10-8-15(2)12-21(26-23(31)17(4)27)25(5)22(30)16(3)20(33-24(25)32)13-19(29)11-7-14/h6-8,10-12,16-21,27-29H,9,13H2,1-5H3,(H,26,31)/b10-8-,11-7-,14-6-,15-12-/t16-,17-,18+,19-,20-,21-,25+/m1/s1. The molecule has 3 rings (SSSR count). The minimum Gasteiger partial charge on any atom is -0.461 e. The molecule has 1 saturated heterocycles. The average Bonchev–Trinajstić information content (AvgIpc) is 2.75. The average molecular weight is 462 g/mol. The third-order valence-corrected chi connectivity index (χ3v) is 6.21. The Kier molecular flexibility index (Phi) is 8.94. The first-order chi connectivity index (χ1) is 15.4. The Balaban J connectivity index is 2.56. The van der Waals surface area contributed by atoms with Crippen LogP contribution in [0.1, 0.15) is 47.5 Å². The first-order valence-electron chi connectivity index (χ1n) is 11.2. The fourth-order valence-corrected chi connectivity index (χ4v) is 3.88. The number of Topliss-reactive ketones (excluding diaryl/α,β-unsaturated/α-hetero) is 1. The molecule has 2 heterocycles. The van der Waals surface area contributed by atoms with Gasteiger partial charge in [-0.15, -0.1) is 0 Å². The largest absolute Gasteiger partial charge is 0.461 e. The van der Waals surface area contributed by atoms with E-state index in [1.807, 2.05) is 13.0 Å². The lowest BCUT2D eigenvalue weighted by atomic mass is 9.69. The zero-order valence-electron chi connectivity index (χ0n) is 19.8. The number of esters is 1. The van der Waals surface area contributed by atoms with Crippen LogP contribution in [0.15, 0.2) is 47.6 Å². The second-order valence-corrected chi connectivity index (χ2v) is 9.14. The van der Waals surface area contributed by atoms with E-state index in [0.717, 1.165) is 5.57 Å². The molecule has 3 aliphatic rings. The van der Waals surface area contributed by atoms with Gasteiger partial charge < -0.3 is 25.4 Å². The van der Waals surface area contributed by atoms with Crippen LogP contribution in [-0.4, -0.2) is 63.4 Å². The Morgan fingerprint density at radius 2 is 1.76 bits per heavy atom. The minimum atomic E-state index is -1.74. The molecule has 0 unspecified atom stereocenters. The number of aliphatic hydroxyl groups is 3. The summed E-state index contributed by atoms with van der Waals surface area (Å²) in [4.78, 5) is 38.9. The Hall–Kier alpha value is -2.55. The summed E-state index contributed by atoms with van der Waals surface area (Å²) in [6.07, 6.45) is 6.38. The molecule has 4 N–H and O–H groups in total. The van der Waals surface area contributed by atoms with Crippen molar-refractivity contribution in [3.8, 4) is 0 Å². The lowest BCUT2D eigenvalue weighted by Crippen LogP contribution is -2.61. The molecule has 0 aromatic heterocycles. The van der Waals surface area contributed by atoms with Gasteiger partial charge in [0.25, 0.3) is 0 Å². The van der Waals surface area contributed by atoms with Gasteiger partial charge in [-0.3, -0.25) is 14.4 Å². The second kappa shape index (κ2) is 11.0. The molecular weight excluding hydrogens is 426 g/mol. The normalized spacial score (nSPS) is 39.8. The van der Waals surface area contributed by atoms with Gasteiger partial charge in [0, 0.05) is 6.42 Å². The summed E-state index contributed by atoms with van der Waals surface area (Å²) in [6, 6.07) is -1.09. The van der Waals surface area contributed by atoms with Crippen molar-refractivity contribution in [3.05, 3.63) is 47.6 Å². The van der Waals surface area contributed by atoms with Gasteiger partial charge in [0.05, 0.1) is 24.2 Å². The monoisotopic (exact) mass is 461 g/mol. The fraction of sp³-hybridized carbons (Fsp3) is 0.560. The number of aliphatic hydroxyl groups excluding tert-OH is 3. The van der Waals surface area contributed by atoms with Crippen molar-refractivity contribution in [1.82, 2.24) is 5.32 Å². The topological polar surface area (TPSA) is 133 Å². The van der Waals surface area contributed by atoms with Crippen LogP contribution in [-0.2, 0) is 19.1 Å². The van der Waals surface area contributed by atoms with E-state index in [4.69, 9.17) is 4.74 Å². The number of carbonyl (C=O) groups is 3. The van der Waals surface area contributed by atoms with Crippen molar-refractivity contribution < 1.29 is 34.4 Å². The van der Waals surface area contributed by atoms with Crippen LogP contribution >= 0.6 is 0 Å². The molecule has 8 heteroatoms. The number of hydrogen-bond acceptors (Lipinski definition) is 7. The van der Waals surface area contributed by atoms with Crippen molar-refractivity contribution in [2.24, 2.45) is 11.3 Å². The minimum absolute atomic E-state index is 0.0439. The number of carbonyl (C=O) groups excluding carboxylic acids is 3. The fourth-order valence-electron chi connectivity index (χ4n) is 3.88. The zero-order valence-corrected chi connectivity index (χ0v) is 19.8. The molecule has 182 valence electrons. The maximum atomic E-state index is 13.5. The van der Waals surface area contributed by atoms with Gasteiger partial charge in [0.2, 0.25) is 5.91 Å². The smallest absolute Gasteiger partial charge is 0.322 e. The molecule has 0 spiro atoms. The van der Waals surface area contributed by atoms with Crippen molar-refractivity contribution in [2.75, 3.05) is 0 Å². The van der Waals surface area contributed by atoms with E-state index in [1.165, 1.54) is 13.8 Å². The van der Waals surface area contributed by atoms with Gasteiger partial charge >= 0.3 is 5.97 Å². The molecular formula is C25H35NO7. The molecule has 0 aromatic rings. The van der Waals surface area contributed by atoms with Crippen molar-refractivity contribution >= 4 is 17.7 Å². The Bertz CT molecular complexity index is 885. The molecule has 2 aliphatic heterocycles. The highest BCUT2D eigenvalue weighted by Crippen LogP contribution is 2.38. The summed E-state index contributed by atoms with van der Waals surface area (Å²) < 4.78 is 5.61. The SMILES string of the molecule is CC1=C/C[C@H](O)/C=C\C(C)=C/[C@@H](NC(=O)[C@@H](C)O)[C@]2(C)C(=O)O[C@H](C[C@H](O)/C=C\1)[C@@H](C)C2=O. The summed E-state index contributed by atoms with van der Waals surface area (Å²) in [5.41, 5.74) is -0.292. The zero-order chi connectivity index (χ0) is 24.9. The number of fused-ring (bicyclic) bond motifs is 10. The van der Waals surface area contributed by atoms with Crippen molar-refractivity contribution in [3.63, 3.8) is 0 Å². The third kappa shape index (κ3) is 6.50. The molecule has 0 saturated carbocycles. The second-order valence-electron chi connectivity index (χ2n) is 9.14. The van der Waals surface area contributed by atoms with E-state index < -0.39 is 59.5 Å². The number of hydrogen-bond donors (Lipinski definition) is 4. The van der Waals surface area contributed by atoms with Crippen LogP contribution < -0.4 is 5.32 Å². The molecule has 2 bridgehead atoms. The van der Waals surface area contributed by atoms with Crippen LogP contribution in [0.2, 0.25) is 0 Å². The quantitative estimate of drug-likeness (QED) is 0.362. The van der Waals surface area contributed by atoms with E-state index >= 15 is 0 Å². The summed E-state index contributed by atoms with van der Waals surface area (Å²) >= 11 is 0. The number of allylic oxidation sites excluding steroid dienone is 4. The lowest BCUT2D eigenvalue weighted by Gasteiger charge is -2.42. The molecule has 7 atom stereocenters. The Morgan fingerprint density at radius 1 is 1.15 bits per heavy atom. The molecule has 8 nitrogen and oxygen atoms in total. The predicted molar refractivity (Wildman–Crippen MR) is 123 cm³/mol. The first-order valence-corrected chi connectivity index (χ1v) is 11.2. The summed E-state index contributed by atoms with van der Waals surface area (Å²) in [7, 11) is 0. The maximum absolute atomic E-state index is 13.5. The predicted octanol–water partition coefficient (Wildman–Crippen LogP) is 1.51. The van der Waals surface area contributed by atoms with E-state index in [-0.39, 0.29) is 6.42 Å². The molecule has 0 aromatic carbocycles. The van der Waals surface area contributed by atoms with Crippen LogP contribution in [0.4, 0.5) is 0 Å². The van der Waals surface area contributed by atoms with Gasteiger partial charge in [-0.25, -0.2) is 0 Å². The highest BCUT2D eigenvalue weighted by atomic mass is 16.5. The van der Waals surface area contributed by atoms with E-state index in [1.54, 1.807) is 44.2 Å². The number of ketones is 1. The van der Waals surface area contributed by atoms with Crippen LogP contribution in [0.25, 0.3) is 0 Å². The Morgan fingerprint density at radius 3 is 2.39 bits per heavy atom. The van der Waals surface area contributed by atoms with Crippen LogP contribution in [0.5, 0.6) is 0 Å². The van der Waals surface area contributed by atoms with Crippen LogP contribution in [0.3, 0.4) is 0 Å². The van der Waals surface area contributed by atoms with Crippen molar-refractivity contribution in [2.45, 2.75) is 77.9 Å². The molecule has 1 fully saturated rings. The van der Waals surface area contributed by atoms with E-state index in [9.17, 15) is 29.7 Å². The van der Waals surface area contributed by atoms with Gasteiger partial charge in [-0.05, 0) is 34.1 Å². The number of ether oxygens (including phenoxy) is 1. The summed E-state index contributed by atoms with van der Waals surface area (Å²) in [6.45, 7) is 7.89. The number of nitrogens with one attached hydrogen (secondary N) is 1. The van der Waals surface area contributed by atoms with Gasteiger partial charge in [0.1, 0.15) is 17.6 Å². The van der Waals surface area contributed by atoms with E-state index in [0.29, 0.717) is 12.0 Å². The van der Waals surface area contributed by atoms with Gasteiger partial charge in [-0.2, -0.15) is 0 Å². The summed E-state index contributed by atoms with van der Waals surface area (Å²) in [5, 5.41) is 32.9. The highest BCUT2D eigenvalue weighted by Gasteiger charge is 2.56. The lowest BCUT2D eigenvalue weighted by molar-refractivity contribution is -0.181. The van der Waals surface area contributed by atoms with Gasteiger partial charge in [0.15, 0.2) is 5.78 Å². The number of amides is 1. The van der Waals surface area contributed by atoms with E-state index in [2.05, 4.69) is 5.32 Å². The summed E-state index contributed by atoms with van der Waals surface area (Å²) in [5.74, 6) is -2.70. The molecule has 1 amide bonds. The van der Waals surface area contributed by atoms with Crippen LogP contribution in [0, 0.1) is 11.3 Å². The highest BCUT2D eigenvalue weighted by molar-refractivity contribution is 6.08. The molecule has 1 aliphatic carbocycles. The first kappa shape index (κ1) is 26.7. The Labute approximate surface area is 194 Å². The van der Waals surface area contributed by atoms with Gasteiger partial charge in [-0.1, -0.05) is 54.5 Å². The van der Waals surface area contributed by atoms with Crippen molar-refractivity contribution in [1.29, 1.82) is 0 Å². The number of rotatable bonds is 2. The molecule has 0 radical (unpaired) electrons.